The van der Waals surface area contributed by atoms with Gasteiger partial charge in [0.25, 0.3) is 0 Å². The molecule has 0 atom stereocenters. The average molecular weight is 583 g/mol. The van der Waals surface area contributed by atoms with Crippen molar-refractivity contribution in [3.63, 3.8) is 0 Å². The first-order valence-corrected chi connectivity index (χ1v) is 16.6. The topological polar surface area (TPSA) is 9.23 Å². The van der Waals surface area contributed by atoms with E-state index in [0.29, 0.717) is 8.87 Å². The summed E-state index contributed by atoms with van der Waals surface area (Å²) in [5.74, 6) is 0. The summed E-state index contributed by atoms with van der Waals surface area (Å²) in [6.07, 6.45) is 6.68. The molecule has 0 aromatic heterocycles. The third-order valence-corrected chi connectivity index (χ3v) is 8.95. The third-order valence-electron chi connectivity index (χ3n) is 4.91. The molecule has 1 nitrogen and oxygen atoms in total. The van der Waals surface area contributed by atoms with Crippen LogP contribution in [0.2, 0.25) is 8.87 Å². The first kappa shape index (κ1) is 34.5. The summed E-state index contributed by atoms with van der Waals surface area (Å²) in [4.78, 5) is 0. The van der Waals surface area contributed by atoms with Crippen molar-refractivity contribution < 1.29 is 31.1 Å². The molecule has 0 heterocycles. The molecule has 0 aliphatic heterocycles. The van der Waals surface area contributed by atoms with Gasteiger partial charge in [-0.05, 0) is 12.8 Å². The third kappa shape index (κ3) is 37.6. The van der Waals surface area contributed by atoms with Gasteiger partial charge >= 0.3 is 94.4 Å². The zero-order valence-electron chi connectivity index (χ0n) is 20.3. The van der Waals surface area contributed by atoms with E-state index in [-0.39, 0.29) is 12.8 Å². The van der Waals surface area contributed by atoms with Crippen LogP contribution in [0.3, 0.4) is 0 Å². The quantitative estimate of drug-likeness (QED) is 0.0788. The van der Waals surface area contributed by atoms with Gasteiger partial charge in [-0.25, -0.2) is 0 Å². The Bertz CT molecular complexity index is 329. The summed E-state index contributed by atoms with van der Waals surface area (Å²) >= 11 is -0.987. The summed E-state index contributed by atoms with van der Waals surface area (Å²) in [5.41, 5.74) is 0. The SMILES string of the molecule is CCCCCCCCOCCCCCCCC.FC(F)(F)CC[CH2][Sn][CH2]CCC(F)(F)F. The molecule has 32 heavy (non-hydrogen) atoms. The fourth-order valence-electron chi connectivity index (χ4n) is 3.02. The van der Waals surface area contributed by atoms with Gasteiger partial charge in [0.15, 0.2) is 0 Å². The minimum absolute atomic E-state index is 0.0850. The molecule has 0 N–H and O–H groups in total. The number of rotatable bonds is 20. The van der Waals surface area contributed by atoms with E-state index in [9.17, 15) is 26.3 Å². The van der Waals surface area contributed by atoms with Crippen molar-refractivity contribution in [1.82, 2.24) is 0 Å². The number of ether oxygens (including phenoxy) is 1. The first-order valence-electron chi connectivity index (χ1n) is 12.5. The van der Waals surface area contributed by atoms with Crippen LogP contribution in [0, 0.1) is 0 Å². The van der Waals surface area contributed by atoms with Gasteiger partial charge in [0.1, 0.15) is 0 Å². The second-order valence-corrected chi connectivity index (χ2v) is 12.6. The molecule has 2 radical (unpaired) electrons. The van der Waals surface area contributed by atoms with Gasteiger partial charge < -0.3 is 4.74 Å². The predicted octanol–water partition coefficient (Wildman–Crippen LogP) is 9.94. The van der Waals surface area contributed by atoms with Crippen LogP contribution >= 0.6 is 0 Å². The Morgan fingerprint density at radius 2 is 0.844 bits per heavy atom. The van der Waals surface area contributed by atoms with Crippen molar-refractivity contribution in [2.75, 3.05) is 13.2 Å². The van der Waals surface area contributed by atoms with Gasteiger partial charge in [0.05, 0.1) is 0 Å². The molecular weight excluding hydrogens is 537 g/mol. The summed E-state index contributed by atoms with van der Waals surface area (Å²) < 4.78 is 76.6. The van der Waals surface area contributed by atoms with Crippen molar-refractivity contribution in [2.24, 2.45) is 0 Å². The fraction of sp³-hybridized carbons (Fsp3) is 1.00. The number of hydrogen-bond donors (Lipinski definition) is 0. The van der Waals surface area contributed by atoms with E-state index in [0.717, 1.165) is 13.2 Å². The van der Waals surface area contributed by atoms with E-state index in [2.05, 4.69) is 13.8 Å². The van der Waals surface area contributed by atoms with Gasteiger partial charge in [-0.1, -0.05) is 78.1 Å². The van der Waals surface area contributed by atoms with Gasteiger partial charge in [-0.2, -0.15) is 0 Å². The van der Waals surface area contributed by atoms with Crippen LogP contribution in [0.5, 0.6) is 0 Å². The van der Waals surface area contributed by atoms with Crippen molar-refractivity contribution in [1.29, 1.82) is 0 Å². The van der Waals surface area contributed by atoms with E-state index in [4.69, 9.17) is 4.74 Å². The van der Waals surface area contributed by atoms with Crippen LogP contribution in [0.1, 0.15) is 117 Å². The molecule has 0 aromatic rings. The number of unbranched alkanes of at least 4 members (excludes halogenated alkanes) is 10. The predicted molar refractivity (Wildman–Crippen MR) is 124 cm³/mol. The molecule has 0 saturated heterocycles. The van der Waals surface area contributed by atoms with Gasteiger partial charge in [-0.3, -0.25) is 0 Å². The molecule has 0 fully saturated rings. The van der Waals surface area contributed by atoms with Gasteiger partial charge in [-0.15, -0.1) is 0 Å². The maximum atomic E-state index is 11.7. The normalized spacial score (nSPS) is 12.0. The molecule has 0 amide bonds. The molecule has 0 aliphatic rings. The molecule has 0 bridgehead atoms. The van der Waals surface area contributed by atoms with Crippen LogP contribution in [0.25, 0.3) is 0 Å². The summed E-state index contributed by atoms with van der Waals surface area (Å²) in [6.45, 7) is 6.51. The van der Waals surface area contributed by atoms with Crippen molar-refractivity contribution in [3.8, 4) is 0 Å². The molecule has 0 rings (SSSR count). The maximum absolute atomic E-state index is 11.7. The van der Waals surface area contributed by atoms with E-state index in [1.54, 1.807) is 0 Å². The molecule has 0 aliphatic carbocycles. The standard InChI is InChI=1S/C16H34O.2C4H6F3.Sn/c1-3-5-7-9-11-13-15-17-16-14-12-10-8-6-4-2;2*1-2-3-4(5,6)7;/h3-16H2,1-2H3;2*1-3H2;. The molecule has 0 aromatic carbocycles. The first-order chi connectivity index (χ1) is 15.1. The zero-order valence-corrected chi connectivity index (χ0v) is 23.2. The van der Waals surface area contributed by atoms with E-state index in [1.807, 2.05) is 0 Å². The van der Waals surface area contributed by atoms with Gasteiger partial charge in [0.2, 0.25) is 0 Å². The Labute approximate surface area is 203 Å². The van der Waals surface area contributed by atoms with Crippen LogP contribution in [0.15, 0.2) is 0 Å². The van der Waals surface area contributed by atoms with E-state index >= 15 is 0 Å². The Morgan fingerprint density at radius 3 is 1.19 bits per heavy atom. The van der Waals surface area contributed by atoms with Crippen LogP contribution in [0.4, 0.5) is 26.3 Å². The fourth-order valence-corrected chi connectivity index (χ4v) is 6.17. The second kappa shape index (κ2) is 24.5. The van der Waals surface area contributed by atoms with Crippen molar-refractivity contribution in [3.05, 3.63) is 0 Å². The second-order valence-electron chi connectivity index (χ2n) is 8.34. The Balaban J connectivity index is 0. The number of alkyl halides is 6. The Kier molecular flexibility index (Phi) is 26.4. The molecule has 0 spiro atoms. The number of halogens is 6. The summed E-state index contributed by atoms with van der Waals surface area (Å²) in [6, 6.07) is 0. The molecular formula is C24H46F6OSn. The zero-order chi connectivity index (χ0) is 24.6. The van der Waals surface area contributed by atoms with Gasteiger partial charge in [0, 0.05) is 13.2 Å². The van der Waals surface area contributed by atoms with E-state index in [1.165, 1.54) is 77.0 Å². The average Bonchev–Trinajstić information content (AvgIpc) is 2.69. The van der Waals surface area contributed by atoms with Crippen molar-refractivity contribution >= 4 is 21.1 Å². The molecule has 194 valence electrons. The van der Waals surface area contributed by atoms with Crippen LogP contribution < -0.4 is 0 Å². The molecule has 0 saturated carbocycles. The van der Waals surface area contributed by atoms with Crippen LogP contribution in [-0.2, 0) is 4.74 Å². The Hall–Kier alpha value is 0.339. The summed E-state index contributed by atoms with van der Waals surface area (Å²) in [7, 11) is 0. The molecule has 8 heteroatoms. The summed E-state index contributed by atoms with van der Waals surface area (Å²) in [5, 5.41) is 0. The number of hydrogen-bond acceptors (Lipinski definition) is 1. The van der Waals surface area contributed by atoms with E-state index < -0.39 is 46.3 Å². The molecule has 0 unspecified atom stereocenters. The monoisotopic (exact) mass is 584 g/mol. The van der Waals surface area contributed by atoms with Crippen molar-refractivity contribution in [2.45, 2.75) is 138 Å². The van der Waals surface area contributed by atoms with Crippen LogP contribution in [-0.4, -0.2) is 46.7 Å². The minimum atomic E-state index is -4.12. The Morgan fingerprint density at radius 1 is 0.500 bits per heavy atom.